The summed E-state index contributed by atoms with van der Waals surface area (Å²) in [5, 5.41) is 0. The number of hydrogen-bond donors (Lipinski definition) is 0. The molecule has 1 atom stereocenters. The van der Waals surface area contributed by atoms with Crippen LogP contribution in [0.3, 0.4) is 0 Å². The Morgan fingerprint density at radius 2 is 1.60 bits per heavy atom. The van der Waals surface area contributed by atoms with Crippen molar-refractivity contribution in [2.24, 2.45) is 5.41 Å². The highest BCUT2D eigenvalue weighted by molar-refractivity contribution is 5.77. The number of nitrogens with zero attached hydrogens (tertiary/aromatic N) is 1. The van der Waals surface area contributed by atoms with Gasteiger partial charge in [0.1, 0.15) is 0 Å². The van der Waals surface area contributed by atoms with Gasteiger partial charge in [-0.25, -0.2) is 9.28 Å². The van der Waals surface area contributed by atoms with Crippen molar-refractivity contribution in [2.75, 3.05) is 27.8 Å². The summed E-state index contributed by atoms with van der Waals surface area (Å²) in [5.74, 6) is -0.688. The van der Waals surface area contributed by atoms with Gasteiger partial charge in [0.15, 0.2) is 6.61 Å². The van der Waals surface area contributed by atoms with E-state index in [0.717, 1.165) is 7.11 Å². The first kappa shape index (κ1) is 18.7. The largest absolute Gasteiger partial charge is 0.516 e. The number of carbonyl (C=O) groups is 2. The van der Waals surface area contributed by atoms with Crippen molar-refractivity contribution in [1.29, 1.82) is 0 Å². The highest BCUT2D eigenvalue weighted by atomic mass is 19.4. The number of alkyl halides is 3. The number of halogens is 3. The van der Waals surface area contributed by atoms with Crippen LogP contribution in [0.2, 0.25) is 0 Å². The van der Waals surface area contributed by atoms with Gasteiger partial charge in [0.2, 0.25) is 6.04 Å². The summed E-state index contributed by atoms with van der Waals surface area (Å²) in [4.78, 5) is 23.7. The molecular weight excluding hydrogens is 279 g/mol. The zero-order chi connectivity index (χ0) is 16.4. The lowest BCUT2D eigenvalue weighted by atomic mass is 9.84. The highest BCUT2D eigenvalue weighted by Crippen LogP contribution is 2.30. The average Bonchev–Trinajstić information content (AvgIpc) is 2.22. The Morgan fingerprint density at radius 3 is 1.90 bits per heavy atom. The van der Waals surface area contributed by atoms with Crippen LogP contribution in [0.1, 0.15) is 20.8 Å². The summed E-state index contributed by atoms with van der Waals surface area (Å²) >= 11 is 0. The molecule has 0 spiro atoms. The van der Waals surface area contributed by atoms with Gasteiger partial charge >= 0.3 is 18.2 Å². The lowest BCUT2D eigenvalue weighted by Crippen LogP contribution is -2.62. The smallest absolute Gasteiger partial charge is 0.465 e. The van der Waals surface area contributed by atoms with E-state index in [2.05, 4.69) is 9.47 Å². The first-order chi connectivity index (χ1) is 8.73. The predicted molar refractivity (Wildman–Crippen MR) is 64.8 cm³/mol. The molecule has 20 heavy (non-hydrogen) atoms. The maximum atomic E-state index is 12.1. The summed E-state index contributed by atoms with van der Waals surface area (Å²) < 4.78 is 44.5. The fourth-order valence-electron chi connectivity index (χ4n) is 2.11. The van der Waals surface area contributed by atoms with Gasteiger partial charge in [-0.1, -0.05) is 20.8 Å². The quantitative estimate of drug-likeness (QED) is 0.593. The van der Waals surface area contributed by atoms with Crippen LogP contribution in [-0.2, 0) is 14.3 Å². The summed E-state index contributed by atoms with van der Waals surface area (Å²) in [6, 6.07) is -0.992. The molecule has 0 aromatic rings. The Labute approximate surface area is 116 Å². The van der Waals surface area contributed by atoms with Gasteiger partial charge in [0.25, 0.3) is 0 Å². The van der Waals surface area contributed by atoms with Crippen molar-refractivity contribution >= 4 is 12.1 Å². The van der Waals surface area contributed by atoms with Crippen LogP contribution < -0.4 is 0 Å². The molecule has 0 fully saturated rings. The molecule has 0 saturated carbocycles. The first-order valence-corrected chi connectivity index (χ1v) is 5.89. The van der Waals surface area contributed by atoms with Gasteiger partial charge in [-0.2, -0.15) is 18.0 Å². The Bertz CT molecular complexity index is 372. The molecule has 8 heteroatoms. The molecule has 0 bridgehead atoms. The molecule has 0 radical (unpaired) electrons. The molecule has 0 rings (SSSR count). The second kappa shape index (κ2) is 5.99. The first-order valence-electron chi connectivity index (χ1n) is 5.89. The third-order valence-corrected chi connectivity index (χ3v) is 2.72. The number of ether oxygens (including phenoxy) is 2. The fourth-order valence-corrected chi connectivity index (χ4v) is 2.11. The van der Waals surface area contributed by atoms with Gasteiger partial charge in [-0.05, 0) is 0 Å². The van der Waals surface area contributed by atoms with Crippen molar-refractivity contribution in [3.63, 3.8) is 0 Å². The van der Waals surface area contributed by atoms with E-state index >= 15 is 0 Å². The van der Waals surface area contributed by atoms with Gasteiger partial charge < -0.3 is 9.47 Å². The zero-order valence-corrected chi connectivity index (χ0v) is 12.5. The van der Waals surface area contributed by atoms with Crippen molar-refractivity contribution < 1.29 is 36.7 Å². The summed E-state index contributed by atoms with van der Waals surface area (Å²) in [5.41, 5.74) is -0.701. The minimum absolute atomic E-state index is 0.688. The second-order valence-electron chi connectivity index (χ2n) is 6.00. The van der Waals surface area contributed by atoms with Gasteiger partial charge in [0, 0.05) is 5.41 Å². The summed E-state index contributed by atoms with van der Waals surface area (Å²) in [6.45, 7) is 3.37. The van der Waals surface area contributed by atoms with Gasteiger partial charge in [0.05, 0.1) is 21.2 Å². The monoisotopic (exact) mass is 300 g/mol. The van der Waals surface area contributed by atoms with Crippen LogP contribution in [0, 0.1) is 5.41 Å². The van der Waals surface area contributed by atoms with E-state index in [1.807, 2.05) is 0 Å². The van der Waals surface area contributed by atoms with Crippen LogP contribution >= 0.6 is 0 Å². The number of methoxy groups -OCH3 is 1. The molecule has 1 amide bonds. The standard InChI is InChI=1S/C12H21F3NO4/c1-11(2,3)8(9(17)19-6)16(4,5)10(18)20-7-12(13,14)15/h8H,7H2,1-6H3/q+1/t8-/m1/s1. The molecule has 0 aromatic heterocycles. The molecular formula is C12H21F3NO4+. The van der Waals surface area contributed by atoms with E-state index in [4.69, 9.17) is 0 Å². The number of hydrogen-bond acceptors (Lipinski definition) is 4. The maximum absolute atomic E-state index is 12.1. The summed E-state index contributed by atoms with van der Waals surface area (Å²) in [6.07, 6.45) is -5.76. The Kier molecular flexibility index (Phi) is 5.59. The molecule has 0 saturated heterocycles. The molecule has 0 aliphatic carbocycles. The third-order valence-electron chi connectivity index (χ3n) is 2.72. The van der Waals surface area contributed by atoms with Crippen LogP contribution in [0.25, 0.3) is 0 Å². The average molecular weight is 300 g/mol. The molecule has 0 N–H and O–H groups in total. The highest BCUT2D eigenvalue weighted by Gasteiger charge is 2.51. The second-order valence-corrected chi connectivity index (χ2v) is 6.00. The van der Waals surface area contributed by atoms with E-state index in [1.165, 1.54) is 14.1 Å². The topological polar surface area (TPSA) is 52.6 Å². The lowest BCUT2D eigenvalue weighted by Gasteiger charge is -2.39. The van der Waals surface area contributed by atoms with Crippen molar-refractivity contribution in [1.82, 2.24) is 0 Å². The minimum atomic E-state index is -4.61. The molecule has 118 valence electrons. The molecule has 0 aliphatic rings. The third kappa shape index (κ3) is 4.99. The van der Waals surface area contributed by atoms with E-state index in [1.54, 1.807) is 20.8 Å². The van der Waals surface area contributed by atoms with E-state index in [-0.39, 0.29) is 0 Å². The summed E-state index contributed by atoms with van der Waals surface area (Å²) in [7, 11) is 3.78. The molecule has 0 heterocycles. The van der Waals surface area contributed by atoms with Crippen LogP contribution in [0.15, 0.2) is 0 Å². The van der Waals surface area contributed by atoms with Crippen molar-refractivity contribution in [3.05, 3.63) is 0 Å². The Hall–Kier alpha value is -1.31. The molecule has 0 unspecified atom stereocenters. The SMILES string of the molecule is COC(=O)[C@H](C(C)(C)C)[N+](C)(C)C(=O)OCC(F)(F)F. The number of carbonyl (C=O) groups excluding carboxylic acids is 2. The van der Waals surface area contributed by atoms with Crippen LogP contribution in [0.5, 0.6) is 0 Å². The number of esters is 1. The van der Waals surface area contributed by atoms with E-state index in [9.17, 15) is 22.8 Å². The van der Waals surface area contributed by atoms with Gasteiger partial charge in [-0.3, -0.25) is 0 Å². The fraction of sp³-hybridized carbons (Fsp3) is 0.833. The van der Waals surface area contributed by atoms with Crippen molar-refractivity contribution in [3.8, 4) is 0 Å². The van der Waals surface area contributed by atoms with E-state index in [0.29, 0.717) is 0 Å². The van der Waals surface area contributed by atoms with Gasteiger partial charge in [-0.15, -0.1) is 0 Å². The van der Waals surface area contributed by atoms with E-state index < -0.39 is 40.8 Å². The van der Waals surface area contributed by atoms with Crippen LogP contribution in [-0.4, -0.2) is 56.6 Å². The molecule has 5 nitrogen and oxygen atoms in total. The number of rotatable bonds is 3. The normalized spacial score (nSPS) is 14.7. The predicted octanol–water partition coefficient (Wildman–Crippen LogP) is 2.35. The minimum Gasteiger partial charge on any atom is -0.465 e. The zero-order valence-electron chi connectivity index (χ0n) is 12.5. The number of likely N-dealkylation sites (N-methyl/N-ethyl adjacent to an activating group) is 1. The Morgan fingerprint density at radius 1 is 1.15 bits per heavy atom. The number of amides is 1. The molecule has 0 aromatic carbocycles. The molecule has 0 aliphatic heterocycles. The Balaban J connectivity index is 5.23. The maximum Gasteiger partial charge on any atom is 0.516 e. The lowest BCUT2D eigenvalue weighted by molar-refractivity contribution is -0.843. The van der Waals surface area contributed by atoms with Crippen LogP contribution in [0.4, 0.5) is 18.0 Å². The van der Waals surface area contributed by atoms with Crippen molar-refractivity contribution in [2.45, 2.75) is 33.0 Å². The number of quaternary nitrogens is 1.